The zero-order valence-electron chi connectivity index (χ0n) is 15.0. The Labute approximate surface area is 169 Å². The standard InChI is InChI=1S/C18H17ClN6O2S/c1-11-14(6-13(9-20-11)23-15(27)7-19)17-18(28-16-2-3-21-25(16)17)12-8-22-24(10-12)4-5-26/h2-3,6,8-10,26H,4-5,7H2,1H3,(H,23,27). The summed E-state index contributed by atoms with van der Waals surface area (Å²) in [4.78, 5) is 18.1. The highest BCUT2D eigenvalue weighted by Gasteiger charge is 2.20. The molecule has 1 amide bonds. The van der Waals surface area contributed by atoms with E-state index in [1.807, 2.05) is 29.8 Å². The van der Waals surface area contributed by atoms with Gasteiger partial charge in [-0.3, -0.25) is 14.5 Å². The molecule has 0 radical (unpaired) electrons. The van der Waals surface area contributed by atoms with E-state index in [1.54, 1.807) is 34.6 Å². The largest absolute Gasteiger partial charge is 0.394 e. The maximum absolute atomic E-state index is 11.7. The summed E-state index contributed by atoms with van der Waals surface area (Å²) < 4.78 is 3.56. The van der Waals surface area contributed by atoms with E-state index in [1.165, 1.54) is 0 Å². The highest BCUT2D eigenvalue weighted by molar-refractivity contribution is 7.21. The van der Waals surface area contributed by atoms with Crippen LogP contribution in [-0.4, -0.2) is 47.9 Å². The first-order chi connectivity index (χ1) is 13.6. The zero-order chi connectivity index (χ0) is 19.7. The summed E-state index contributed by atoms with van der Waals surface area (Å²) in [7, 11) is 0. The molecule has 0 aliphatic heterocycles. The number of carbonyl (C=O) groups is 1. The van der Waals surface area contributed by atoms with E-state index in [2.05, 4.69) is 20.5 Å². The number of carbonyl (C=O) groups excluding carboxylic acids is 1. The van der Waals surface area contributed by atoms with Gasteiger partial charge in [0.1, 0.15) is 10.7 Å². The third-order valence-electron chi connectivity index (χ3n) is 4.21. The van der Waals surface area contributed by atoms with Gasteiger partial charge in [0.05, 0.1) is 48.0 Å². The third-order valence-corrected chi connectivity index (χ3v) is 5.61. The summed E-state index contributed by atoms with van der Waals surface area (Å²) in [6.07, 6.45) is 7.02. The summed E-state index contributed by atoms with van der Waals surface area (Å²) in [5, 5.41) is 20.7. The van der Waals surface area contributed by atoms with E-state index < -0.39 is 0 Å². The average Bonchev–Trinajstić information content (AvgIpc) is 3.39. The van der Waals surface area contributed by atoms with Crippen LogP contribution in [0.15, 0.2) is 36.9 Å². The molecule has 144 valence electrons. The molecule has 4 heterocycles. The lowest BCUT2D eigenvalue weighted by Gasteiger charge is -2.10. The number of nitrogens with one attached hydrogen (secondary N) is 1. The lowest BCUT2D eigenvalue weighted by molar-refractivity contribution is -0.113. The van der Waals surface area contributed by atoms with Gasteiger partial charge in [0.2, 0.25) is 5.91 Å². The van der Waals surface area contributed by atoms with E-state index in [0.29, 0.717) is 12.2 Å². The molecule has 0 saturated heterocycles. The number of pyridine rings is 1. The van der Waals surface area contributed by atoms with Crippen LogP contribution < -0.4 is 5.32 Å². The van der Waals surface area contributed by atoms with Gasteiger partial charge in [-0.2, -0.15) is 10.2 Å². The van der Waals surface area contributed by atoms with Crippen LogP contribution in [0.3, 0.4) is 0 Å². The Kier molecular flexibility index (Phi) is 5.12. The summed E-state index contributed by atoms with van der Waals surface area (Å²) in [6.45, 7) is 2.36. The van der Waals surface area contributed by atoms with Crippen molar-refractivity contribution in [2.24, 2.45) is 0 Å². The summed E-state index contributed by atoms with van der Waals surface area (Å²) >= 11 is 7.19. The number of thiazole rings is 1. The molecule has 0 unspecified atom stereocenters. The molecule has 4 aromatic heterocycles. The number of aliphatic hydroxyl groups excluding tert-OH is 1. The molecule has 28 heavy (non-hydrogen) atoms. The maximum Gasteiger partial charge on any atom is 0.239 e. The van der Waals surface area contributed by atoms with Crippen LogP contribution in [0.2, 0.25) is 0 Å². The van der Waals surface area contributed by atoms with E-state index >= 15 is 0 Å². The Bertz CT molecular complexity index is 1150. The molecule has 0 aliphatic rings. The quantitative estimate of drug-likeness (QED) is 0.471. The highest BCUT2D eigenvalue weighted by atomic mass is 35.5. The van der Waals surface area contributed by atoms with Crippen molar-refractivity contribution in [1.82, 2.24) is 24.4 Å². The van der Waals surface area contributed by atoms with Crippen molar-refractivity contribution in [2.75, 3.05) is 17.8 Å². The van der Waals surface area contributed by atoms with Crippen molar-refractivity contribution >= 4 is 39.4 Å². The molecule has 4 aromatic rings. The molecule has 0 atom stereocenters. The Morgan fingerprint density at radius 1 is 1.36 bits per heavy atom. The minimum absolute atomic E-state index is 0.0209. The normalized spacial score (nSPS) is 11.2. The Morgan fingerprint density at radius 2 is 2.21 bits per heavy atom. The van der Waals surface area contributed by atoms with Gasteiger partial charge in [-0.25, -0.2) is 4.52 Å². The van der Waals surface area contributed by atoms with Gasteiger partial charge in [0.15, 0.2) is 0 Å². The number of aryl methyl sites for hydroxylation is 1. The minimum Gasteiger partial charge on any atom is -0.394 e. The highest BCUT2D eigenvalue weighted by Crippen LogP contribution is 2.40. The lowest BCUT2D eigenvalue weighted by atomic mass is 10.1. The average molecular weight is 417 g/mol. The Morgan fingerprint density at radius 3 is 3.00 bits per heavy atom. The van der Waals surface area contributed by atoms with Gasteiger partial charge >= 0.3 is 0 Å². The number of fused-ring (bicyclic) bond motifs is 1. The number of amides is 1. The number of aromatic nitrogens is 5. The second kappa shape index (κ2) is 7.70. The van der Waals surface area contributed by atoms with Crippen molar-refractivity contribution in [3.63, 3.8) is 0 Å². The van der Waals surface area contributed by atoms with Crippen LogP contribution in [0.4, 0.5) is 5.69 Å². The van der Waals surface area contributed by atoms with Gasteiger partial charge in [0, 0.05) is 23.0 Å². The molecule has 0 bridgehead atoms. The molecule has 8 nitrogen and oxygen atoms in total. The third kappa shape index (κ3) is 3.39. The monoisotopic (exact) mass is 416 g/mol. The number of rotatable bonds is 6. The van der Waals surface area contributed by atoms with E-state index in [0.717, 1.165) is 32.2 Å². The molecule has 0 aliphatic carbocycles. The van der Waals surface area contributed by atoms with Crippen LogP contribution >= 0.6 is 22.9 Å². The van der Waals surface area contributed by atoms with Gasteiger partial charge in [-0.15, -0.1) is 22.9 Å². The van der Waals surface area contributed by atoms with Gasteiger partial charge < -0.3 is 10.4 Å². The number of aliphatic hydroxyl groups is 1. The predicted octanol–water partition coefficient (Wildman–Crippen LogP) is 2.80. The summed E-state index contributed by atoms with van der Waals surface area (Å²) in [5.41, 5.74) is 4.03. The molecule has 0 saturated carbocycles. The topological polar surface area (TPSA) is 97.3 Å². The number of anilines is 1. The zero-order valence-corrected chi connectivity index (χ0v) is 16.5. The molecule has 2 N–H and O–H groups in total. The molecule has 0 aromatic carbocycles. The first-order valence-corrected chi connectivity index (χ1v) is 9.89. The summed E-state index contributed by atoms with van der Waals surface area (Å²) in [6, 6.07) is 3.81. The van der Waals surface area contributed by atoms with Crippen LogP contribution in [-0.2, 0) is 11.3 Å². The number of halogens is 1. The Balaban J connectivity index is 1.87. The second-order valence-corrected chi connectivity index (χ2v) is 7.41. The predicted molar refractivity (Wildman–Crippen MR) is 109 cm³/mol. The van der Waals surface area contributed by atoms with Crippen LogP contribution in [0, 0.1) is 6.92 Å². The van der Waals surface area contributed by atoms with Crippen LogP contribution in [0.5, 0.6) is 0 Å². The van der Waals surface area contributed by atoms with Gasteiger partial charge in [-0.1, -0.05) is 0 Å². The van der Waals surface area contributed by atoms with E-state index in [9.17, 15) is 4.79 Å². The first-order valence-electron chi connectivity index (χ1n) is 8.53. The SMILES string of the molecule is Cc1ncc(NC(=O)CCl)cc1-c1c(-c2cnn(CCO)c2)sc2ccnn12. The van der Waals surface area contributed by atoms with Crippen molar-refractivity contribution in [2.45, 2.75) is 13.5 Å². The van der Waals surface area contributed by atoms with Crippen molar-refractivity contribution in [3.05, 3.63) is 42.6 Å². The molecule has 10 heteroatoms. The number of hydrogen-bond acceptors (Lipinski definition) is 6. The fourth-order valence-electron chi connectivity index (χ4n) is 2.96. The molecular weight excluding hydrogens is 400 g/mol. The smallest absolute Gasteiger partial charge is 0.239 e. The lowest BCUT2D eigenvalue weighted by Crippen LogP contribution is -2.13. The van der Waals surface area contributed by atoms with Crippen LogP contribution in [0.25, 0.3) is 26.5 Å². The number of nitrogens with zero attached hydrogens (tertiary/aromatic N) is 5. The van der Waals surface area contributed by atoms with E-state index in [4.69, 9.17) is 16.7 Å². The van der Waals surface area contributed by atoms with Gasteiger partial charge in [-0.05, 0) is 19.1 Å². The van der Waals surface area contributed by atoms with E-state index in [-0.39, 0.29) is 18.4 Å². The molecule has 0 spiro atoms. The van der Waals surface area contributed by atoms with Crippen molar-refractivity contribution in [1.29, 1.82) is 0 Å². The van der Waals surface area contributed by atoms with Crippen molar-refractivity contribution in [3.8, 4) is 21.7 Å². The van der Waals surface area contributed by atoms with Crippen molar-refractivity contribution < 1.29 is 9.90 Å². The maximum atomic E-state index is 11.7. The molecular formula is C18H17ClN6O2S. The summed E-state index contributed by atoms with van der Waals surface area (Å²) in [5.74, 6) is -0.418. The number of hydrogen-bond donors (Lipinski definition) is 2. The van der Waals surface area contributed by atoms with Gasteiger partial charge in [0.25, 0.3) is 0 Å². The Hall–Kier alpha value is -2.75. The molecule has 0 fully saturated rings. The molecule has 4 rings (SSSR count). The fourth-order valence-corrected chi connectivity index (χ4v) is 4.10. The second-order valence-electron chi connectivity index (χ2n) is 6.12. The number of alkyl halides is 1. The van der Waals surface area contributed by atoms with Crippen LogP contribution in [0.1, 0.15) is 5.69 Å². The minimum atomic E-state index is -0.293. The fraction of sp³-hybridized carbons (Fsp3) is 0.222. The first kappa shape index (κ1) is 18.6.